The van der Waals surface area contributed by atoms with Crippen molar-refractivity contribution in [2.24, 2.45) is 0 Å². The Morgan fingerprint density at radius 2 is 1.80 bits per heavy atom. The van der Waals surface area contributed by atoms with E-state index in [-0.39, 0.29) is 27.2 Å². The molecule has 158 valence electrons. The molecule has 3 aromatic rings. The van der Waals surface area contributed by atoms with Crippen LogP contribution >= 0.6 is 35.0 Å². The lowest BCUT2D eigenvalue weighted by Crippen LogP contribution is -2.12. The zero-order valence-electron chi connectivity index (χ0n) is 16.3. The second kappa shape index (κ2) is 9.51. The highest BCUT2D eigenvalue weighted by Crippen LogP contribution is 2.25. The Morgan fingerprint density at radius 1 is 1.10 bits per heavy atom. The molecule has 0 spiro atoms. The number of thioether (sulfide) groups is 1. The van der Waals surface area contributed by atoms with Gasteiger partial charge in [0.1, 0.15) is 11.6 Å². The van der Waals surface area contributed by atoms with Gasteiger partial charge in [-0.2, -0.15) is 0 Å². The van der Waals surface area contributed by atoms with Crippen LogP contribution < -0.4 is 0 Å². The molecule has 0 aliphatic carbocycles. The third kappa shape index (κ3) is 5.24. The van der Waals surface area contributed by atoms with E-state index in [0.717, 1.165) is 5.56 Å². The minimum atomic E-state index is -3.56. The summed E-state index contributed by atoms with van der Waals surface area (Å²) in [5.74, 6) is -0.0304. The van der Waals surface area contributed by atoms with E-state index in [1.807, 2.05) is 13.8 Å². The first kappa shape index (κ1) is 22.8. The molecule has 10 heteroatoms. The molecule has 6 nitrogen and oxygen atoms in total. The number of halogens is 2. The monoisotopic (exact) mass is 483 g/mol. The van der Waals surface area contributed by atoms with Crippen LogP contribution in [-0.4, -0.2) is 34.7 Å². The second-order valence-corrected chi connectivity index (χ2v) is 10.3. The van der Waals surface area contributed by atoms with E-state index in [1.54, 1.807) is 41.0 Å². The molecule has 1 aromatic heterocycles. The van der Waals surface area contributed by atoms with Gasteiger partial charge in [-0.25, -0.2) is 8.42 Å². The highest BCUT2D eigenvalue weighted by molar-refractivity contribution is 7.99. The molecule has 0 aliphatic heterocycles. The minimum absolute atomic E-state index is 0.0875. The van der Waals surface area contributed by atoms with Gasteiger partial charge < -0.3 is 4.57 Å². The molecular formula is C20H19Cl2N3O3S2. The number of hydrogen-bond acceptors (Lipinski definition) is 6. The van der Waals surface area contributed by atoms with Gasteiger partial charge in [0.2, 0.25) is 0 Å². The lowest BCUT2D eigenvalue weighted by Gasteiger charge is -2.08. The Bertz CT molecular complexity index is 1180. The van der Waals surface area contributed by atoms with E-state index >= 15 is 0 Å². The van der Waals surface area contributed by atoms with Crippen LogP contribution in [-0.2, 0) is 22.1 Å². The molecule has 0 aliphatic rings. The summed E-state index contributed by atoms with van der Waals surface area (Å²) in [6.45, 7) is 4.24. The number of nitrogens with zero attached hydrogens (tertiary/aromatic N) is 3. The first-order chi connectivity index (χ1) is 14.2. The first-order valence-corrected chi connectivity index (χ1v) is 12.4. The van der Waals surface area contributed by atoms with E-state index in [1.165, 1.54) is 17.8 Å². The summed E-state index contributed by atoms with van der Waals surface area (Å²) in [7, 11) is -3.56. The van der Waals surface area contributed by atoms with Crippen molar-refractivity contribution in [1.82, 2.24) is 14.8 Å². The number of sulfone groups is 1. The van der Waals surface area contributed by atoms with Gasteiger partial charge >= 0.3 is 0 Å². The summed E-state index contributed by atoms with van der Waals surface area (Å²) in [4.78, 5) is 12.7. The second-order valence-electron chi connectivity index (χ2n) is 6.55. The van der Waals surface area contributed by atoms with Crippen molar-refractivity contribution in [2.45, 2.75) is 36.2 Å². The van der Waals surface area contributed by atoms with E-state index in [2.05, 4.69) is 10.2 Å². The van der Waals surface area contributed by atoms with Crippen LogP contribution in [0, 0.1) is 6.92 Å². The Balaban J connectivity index is 1.75. The van der Waals surface area contributed by atoms with Gasteiger partial charge in [-0.15, -0.1) is 10.2 Å². The highest BCUT2D eigenvalue weighted by Gasteiger charge is 2.22. The summed E-state index contributed by atoms with van der Waals surface area (Å²) in [5, 5.41) is 9.36. The predicted molar refractivity (Wildman–Crippen MR) is 119 cm³/mol. The van der Waals surface area contributed by atoms with E-state index in [9.17, 15) is 13.2 Å². The summed E-state index contributed by atoms with van der Waals surface area (Å²) in [5.41, 5.74) is 1.35. The highest BCUT2D eigenvalue weighted by atomic mass is 35.5. The Kier molecular flexibility index (Phi) is 7.23. The topological polar surface area (TPSA) is 81.9 Å². The van der Waals surface area contributed by atoms with Gasteiger partial charge in [0.15, 0.2) is 20.8 Å². The standard InChI is InChI=1S/C20H19Cl2N3O3S2/c1-3-25-19(12-30(27,28)15-7-4-13(2)5-8-15)23-24-20(25)29-11-18(26)16-9-6-14(21)10-17(16)22/h4-10H,3,11-12H2,1-2H3. The molecule has 30 heavy (non-hydrogen) atoms. The number of ketones is 1. The van der Waals surface area contributed by atoms with Crippen molar-refractivity contribution >= 4 is 50.6 Å². The number of carbonyl (C=O) groups excluding carboxylic acids is 1. The molecule has 0 saturated heterocycles. The van der Waals surface area contributed by atoms with Crippen molar-refractivity contribution in [2.75, 3.05) is 5.75 Å². The molecule has 0 saturated carbocycles. The lowest BCUT2D eigenvalue weighted by atomic mass is 10.1. The van der Waals surface area contributed by atoms with Crippen LogP contribution in [0.3, 0.4) is 0 Å². The van der Waals surface area contributed by atoms with Gasteiger partial charge in [0.25, 0.3) is 0 Å². The Labute approximate surface area is 189 Å². The normalized spacial score (nSPS) is 11.6. The van der Waals surface area contributed by atoms with Crippen LogP contribution in [0.4, 0.5) is 0 Å². The molecule has 2 aromatic carbocycles. The number of rotatable bonds is 8. The van der Waals surface area contributed by atoms with Crippen molar-refractivity contribution < 1.29 is 13.2 Å². The predicted octanol–water partition coefficient (Wildman–Crippen LogP) is 4.86. The third-order valence-electron chi connectivity index (χ3n) is 4.37. The summed E-state index contributed by atoms with van der Waals surface area (Å²) in [6, 6.07) is 11.4. The van der Waals surface area contributed by atoms with Crippen molar-refractivity contribution in [1.29, 1.82) is 0 Å². The molecule has 0 fully saturated rings. The van der Waals surface area contributed by atoms with Gasteiger partial charge in [-0.05, 0) is 44.2 Å². The molecule has 0 N–H and O–H groups in total. The van der Waals surface area contributed by atoms with Crippen molar-refractivity contribution in [3.8, 4) is 0 Å². The molecule has 0 amide bonds. The van der Waals surface area contributed by atoms with Crippen molar-refractivity contribution in [3.63, 3.8) is 0 Å². The van der Waals surface area contributed by atoms with E-state index in [4.69, 9.17) is 23.2 Å². The van der Waals surface area contributed by atoms with Crippen LogP contribution in [0.1, 0.15) is 28.7 Å². The molecule has 0 bridgehead atoms. The number of aryl methyl sites for hydroxylation is 1. The number of Topliss-reactive ketones (excluding diaryl/α,β-unsaturated/α-hetero) is 1. The van der Waals surface area contributed by atoms with Gasteiger partial charge in [0.05, 0.1) is 15.7 Å². The lowest BCUT2D eigenvalue weighted by molar-refractivity contribution is 0.102. The maximum Gasteiger partial charge on any atom is 0.191 e. The number of carbonyl (C=O) groups is 1. The molecule has 0 atom stereocenters. The van der Waals surface area contributed by atoms with Crippen LogP contribution in [0.25, 0.3) is 0 Å². The van der Waals surface area contributed by atoms with Crippen LogP contribution in [0.2, 0.25) is 10.0 Å². The smallest absolute Gasteiger partial charge is 0.191 e. The Hall–Kier alpha value is -1.87. The molecule has 1 heterocycles. The molecule has 0 unspecified atom stereocenters. The maximum atomic E-state index is 12.7. The zero-order valence-corrected chi connectivity index (χ0v) is 19.4. The maximum absolute atomic E-state index is 12.7. The van der Waals surface area contributed by atoms with Gasteiger partial charge in [-0.3, -0.25) is 4.79 Å². The quantitative estimate of drug-likeness (QED) is 0.336. The minimum Gasteiger partial charge on any atom is -0.305 e. The SMILES string of the molecule is CCn1c(CS(=O)(=O)c2ccc(C)cc2)nnc1SCC(=O)c1ccc(Cl)cc1Cl. The van der Waals surface area contributed by atoms with Gasteiger partial charge in [0, 0.05) is 17.1 Å². The summed E-state index contributed by atoms with van der Waals surface area (Å²) in [6.07, 6.45) is 0. The van der Waals surface area contributed by atoms with Crippen molar-refractivity contribution in [3.05, 3.63) is 69.5 Å². The fourth-order valence-electron chi connectivity index (χ4n) is 2.77. The molecule has 0 radical (unpaired) electrons. The number of hydrogen-bond donors (Lipinski definition) is 0. The number of benzene rings is 2. The van der Waals surface area contributed by atoms with Crippen LogP contribution in [0.15, 0.2) is 52.5 Å². The summed E-state index contributed by atoms with van der Waals surface area (Å²) < 4.78 is 27.2. The number of aromatic nitrogens is 3. The largest absolute Gasteiger partial charge is 0.305 e. The summed E-state index contributed by atoms with van der Waals surface area (Å²) >= 11 is 13.2. The Morgan fingerprint density at radius 3 is 2.43 bits per heavy atom. The average molecular weight is 484 g/mol. The van der Waals surface area contributed by atoms with Crippen LogP contribution in [0.5, 0.6) is 0 Å². The fraction of sp³-hybridized carbons (Fsp3) is 0.250. The van der Waals surface area contributed by atoms with E-state index < -0.39 is 9.84 Å². The molecular weight excluding hydrogens is 465 g/mol. The van der Waals surface area contributed by atoms with E-state index in [0.29, 0.717) is 28.1 Å². The molecule has 3 rings (SSSR count). The first-order valence-electron chi connectivity index (χ1n) is 9.04. The van der Waals surface area contributed by atoms with Gasteiger partial charge in [-0.1, -0.05) is 52.7 Å². The average Bonchev–Trinajstić information content (AvgIpc) is 3.07. The zero-order chi connectivity index (χ0) is 21.9. The fourth-order valence-corrected chi connectivity index (χ4v) is 5.46. The third-order valence-corrected chi connectivity index (χ3v) is 7.52.